The normalized spacial score (nSPS) is 37.3. The molecule has 1 nitrogen and oxygen atoms in total. The van der Waals surface area contributed by atoms with Crippen LogP contribution in [-0.4, -0.2) is 12.7 Å². The Morgan fingerprint density at radius 2 is 1.08 bits per heavy atom. The van der Waals surface area contributed by atoms with Gasteiger partial charge in [0.1, 0.15) is 0 Å². The molecule has 2 atom stereocenters. The Kier molecular flexibility index (Phi) is 12.8. The van der Waals surface area contributed by atoms with E-state index in [1.807, 2.05) is 0 Å². The summed E-state index contributed by atoms with van der Waals surface area (Å²) >= 11 is 0. The molecule has 37 heavy (non-hydrogen) atoms. The first-order chi connectivity index (χ1) is 18.1. The van der Waals surface area contributed by atoms with Crippen molar-refractivity contribution < 1.29 is 13.5 Å². The van der Waals surface area contributed by atoms with Crippen molar-refractivity contribution in [3.8, 4) is 0 Å². The zero-order valence-electron chi connectivity index (χ0n) is 24.1. The van der Waals surface area contributed by atoms with Crippen molar-refractivity contribution in [2.75, 3.05) is 6.61 Å². The zero-order chi connectivity index (χ0) is 25.9. The molecule has 1 saturated heterocycles. The Bertz CT molecular complexity index is 626. The predicted octanol–water partition coefficient (Wildman–Crippen LogP) is 11.1. The van der Waals surface area contributed by atoms with E-state index in [0.29, 0.717) is 18.4 Å². The molecule has 4 fully saturated rings. The zero-order valence-corrected chi connectivity index (χ0v) is 24.1. The number of ether oxygens (including phenoxy) is 1. The molecule has 1 heterocycles. The Labute approximate surface area is 228 Å². The summed E-state index contributed by atoms with van der Waals surface area (Å²) in [6.07, 6.45) is 29.8. The van der Waals surface area contributed by atoms with Gasteiger partial charge >= 0.3 is 0 Å². The van der Waals surface area contributed by atoms with E-state index in [4.69, 9.17) is 4.74 Å². The van der Waals surface area contributed by atoms with Crippen LogP contribution >= 0.6 is 0 Å². The highest BCUT2D eigenvalue weighted by atomic mass is 19.3. The van der Waals surface area contributed by atoms with Crippen LogP contribution in [0.5, 0.6) is 0 Å². The van der Waals surface area contributed by atoms with Crippen molar-refractivity contribution in [1.82, 2.24) is 0 Å². The number of rotatable bonds is 12. The van der Waals surface area contributed by atoms with Gasteiger partial charge in [0.25, 0.3) is 6.08 Å². The van der Waals surface area contributed by atoms with Crippen molar-refractivity contribution in [2.24, 2.45) is 41.4 Å². The Balaban J connectivity index is 1.02. The molecule has 3 aliphatic carbocycles. The molecule has 4 aliphatic rings. The molecule has 3 heteroatoms. The lowest BCUT2D eigenvalue weighted by atomic mass is 9.64. The summed E-state index contributed by atoms with van der Waals surface area (Å²) in [4.78, 5) is 0. The SMILES string of the molecule is CCCC1CCC(CCCCC2CCC(C3CCC(C4CCC(CCC=C(F)F)CC4)CC3)CC2)OC1. The molecule has 4 rings (SSSR count). The maximum atomic E-state index is 12.3. The highest BCUT2D eigenvalue weighted by Gasteiger charge is 2.34. The third-order valence-corrected chi connectivity index (χ3v) is 11.4. The van der Waals surface area contributed by atoms with Crippen LogP contribution in [-0.2, 0) is 4.74 Å². The summed E-state index contributed by atoms with van der Waals surface area (Å²) in [5, 5.41) is 0. The predicted molar refractivity (Wildman–Crippen MR) is 152 cm³/mol. The maximum absolute atomic E-state index is 12.3. The van der Waals surface area contributed by atoms with Gasteiger partial charge in [0.15, 0.2) is 0 Å². The van der Waals surface area contributed by atoms with Crippen LogP contribution < -0.4 is 0 Å². The largest absolute Gasteiger partial charge is 0.378 e. The van der Waals surface area contributed by atoms with E-state index < -0.39 is 6.08 Å². The molecule has 2 unspecified atom stereocenters. The van der Waals surface area contributed by atoms with E-state index in [2.05, 4.69) is 6.92 Å². The Morgan fingerprint density at radius 3 is 1.57 bits per heavy atom. The summed E-state index contributed by atoms with van der Waals surface area (Å²) in [7, 11) is 0. The molecule has 0 bridgehead atoms. The second-order valence-electron chi connectivity index (χ2n) is 13.8. The number of hydrogen-bond acceptors (Lipinski definition) is 1. The molecule has 3 saturated carbocycles. The molecule has 0 spiro atoms. The number of unbranched alkanes of at least 4 members (excludes halogenated alkanes) is 1. The standard InChI is InChI=1S/C34H58F2O/c1-2-6-28-15-24-33(37-25-28)9-4-3-7-26-11-16-29(17-12-26)31-20-22-32(23-21-31)30-18-13-27(14-19-30)8-5-10-34(35)36/h10,26-33H,2-9,11-25H2,1H3. The van der Waals surface area contributed by atoms with E-state index in [1.54, 1.807) is 0 Å². The molecule has 0 N–H and O–H groups in total. The van der Waals surface area contributed by atoms with Gasteiger partial charge in [0, 0.05) is 6.61 Å². The lowest BCUT2D eigenvalue weighted by Gasteiger charge is -2.41. The molecule has 0 aromatic rings. The fraction of sp³-hybridized carbons (Fsp3) is 0.941. The number of halogens is 2. The number of allylic oxidation sites excluding steroid dienone is 1. The van der Waals surface area contributed by atoms with Crippen LogP contribution in [0.2, 0.25) is 0 Å². The summed E-state index contributed by atoms with van der Waals surface area (Å²) in [5.74, 6) is 6.45. The fourth-order valence-corrected chi connectivity index (χ4v) is 8.94. The first kappa shape index (κ1) is 29.5. The van der Waals surface area contributed by atoms with Gasteiger partial charge in [0.05, 0.1) is 6.10 Å². The topological polar surface area (TPSA) is 9.23 Å². The van der Waals surface area contributed by atoms with Crippen LogP contribution in [0, 0.1) is 41.4 Å². The van der Waals surface area contributed by atoms with Crippen LogP contribution in [0.3, 0.4) is 0 Å². The van der Waals surface area contributed by atoms with E-state index in [9.17, 15) is 8.78 Å². The summed E-state index contributed by atoms with van der Waals surface area (Å²) in [6.45, 7) is 3.32. The quantitative estimate of drug-likeness (QED) is 0.232. The highest BCUT2D eigenvalue weighted by Crippen LogP contribution is 2.46. The molecule has 0 amide bonds. The first-order valence-electron chi connectivity index (χ1n) is 16.7. The molecule has 1 aliphatic heterocycles. The maximum Gasteiger partial charge on any atom is 0.266 e. The first-order valence-corrected chi connectivity index (χ1v) is 16.7. The molecule has 0 aromatic carbocycles. The van der Waals surface area contributed by atoms with Crippen molar-refractivity contribution in [3.05, 3.63) is 12.2 Å². The monoisotopic (exact) mass is 520 g/mol. The van der Waals surface area contributed by atoms with E-state index in [0.717, 1.165) is 54.6 Å². The Morgan fingerprint density at radius 1 is 0.595 bits per heavy atom. The fourth-order valence-electron chi connectivity index (χ4n) is 8.94. The van der Waals surface area contributed by atoms with E-state index >= 15 is 0 Å². The summed E-state index contributed by atoms with van der Waals surface area (Å²) < 4.78 is 30.7. The van der Waals surface area contributed by atoms with Gasteiger partial charge in [-0.2, -0.15) is 8.78 Å². The average Bonchev–Trinajstić information content (AvgIpc) is 2.93. The van der Waals surface area contributed by atoms with Gasteiger partial charge in [-0.3, -0.25) is 0 Å². The van der Waals surface area contributed by atoms with Gasteiger partial charge in [-0.05, 0) is 137 Å². The highest BCUT2D eigenvalue weighted by molar-refractivity contribution is 4.87. The third-order valence-electron chi connectivity index (χ3n) is 11.4. The number of hydrogen-bond donors (Lipinski definition) is 0. The minimum Gasteiger partial charge on any atom is -0.378 e. The van der Waals surface area contributed by atoms with Crippen LogP contribution in [0.25, 0.3) is 0 Å². The molecule has 0 aromatic heterocycles. The second-order valence-corrected chi connectivity index (χ2v) is 13.8. The Hall–Kier alpha value is -0.440. The van der Waals surface area contributed by atoms with Gasteiger partial charge in [-0.1, -0.05) is 58.3 Å². The van der Waals surface area contributed by atoms with Gasteiger partial charge < -0.3 is 4.74 Å². The smallest absolute Gasteiger partial charge is 0.266 e. The second kappa shape index (κ2) is 16.0. The molecular weight excluding hydrogens is 462 g/mol. The molecular formula is C34H58F2O. The van der Waals surface area contributed by atoms with Crippen molar-refractivity contribution in [3.63, 3.8) is 0 Å². The van der Waals surface area contributed by atoms with Gasteiger partial charge in [-0.15, -0.1) is 0 Å². The average molecular weight is 521 g/mol. The van der Waals surface area contributed by atoms with Crippen LogP contribution in [0.4, 0.5) is 8.78 Å². The van der Waals surface area contributed by atoms with E-state index in [-0.39, 0.29) is 0 Å². The van der Waals surface area contributed by atoms with Crippen LogP contribution in [0.15, 0.2) is 12.2 Å². The van der Waals surface area contributed by atoms with Gasteiger partial charge in [-0.25, -0.2) is 0 Å². The van der Waals surface area contributed by atoms with E-state index in [1.165, 1.54) is 128 Å². The van der Waals surface area contributed by atoms with Gasteiger partial charge in [0.2, 0.25) is 0 Å². The van der Waals surface area contributed by atoms with Crippen molar-refractivity contribution in [1.29, 1.82) is 0 Å². The minimum atomic E-state index is -1.50. The summed E-state index contributed by atoms with van der Waals surface area (Å²) in [6, 6.07) is 0. The lowest BCUT2D eigenvalue weighted by molar-refractivity contribution is -0.0231. The lowest BCUT2D eigenvalue weighted by Crippen LogP contribution is -2.29. The summed E-state index contributed by atoms with van der Waals surface area (Å²) in [5.41, 5.74) is 0. The minimum absolute atomic E-state index is 0.560. The van der Waals surface area contributed by atoms with Crippen molar-refractivity contribution in [2.45, 2.75) is 154 Å². The molecule has 0 radical (unpaired) electrons. The third kappa shape index (κ3) is 9.91. The van der Waals surface area contributed by atoms with Crippen LogP contribution in [0.1, 0.15) is 148 Å². The van der Waals surface area contributed by atoms with Crippen molar-refractivity contribution >= 4 is 0 Å². The molecule has 214 valence electrons.